The minimum atomic E-state index is -0.197. The van der Waals surface area contributed by atoms with Crippen molar-refractivity contribution in [3.05, 3.63) is 65.2 Å². The Bertz CT molecular complexity index is 832. The molecule has 1 aliphatic rings. The highest BCUT2D eigenvalue weighted by Gasteiger charge is 2.17. The topological polar surface area (TPSA) is 67.4 Å². The molecule has 28 heavy (non-hydrogen) atoms. The molecule has 2 aromatic rings. The van der Waals surface area contributed by atoms with Crippen molar-refractivity contribution in [1.82, 2.24) is 5.32 Å². The molecule has 1 saturated heterocycles. The predicted octanol–water partition coefficient (Wildman–Crippen LogP) is 4.15. The number of hydrogen-bond donors (Lipinski definition) is 2. The second-order valence-electron chi connectivity index (χ2n) is 8.21. The van der Waals surface area contributed by atoms with Gasteiger partial charge in [0, 0.05) is 30.0 Å². The van der Waals surface area contributed by atoms with Gasteiger partial charge in [0.05, 0.1) is 6.10 Å². The summed E-state index contributed by atoms with van der Waals surface area (Å²) in [6.07, 6.45) is 2.12. The molecule has 0 spiro atoms. The Balaban J connectivity index is 1.61. The highest BCUT2D eigenvalue weighted by molar-refractivity contribution is 6.05. The van der Waals surface area contributed by atoms with E-state index in [1.165, 1.54) is 5.56 Å². The summed E-state index contributed by atoms with van der Waals surface area (Å²) in [4.78, 5) is 24.9. The second kappa shape index (κ2) is 8.57. The fourth-order valence-electron chi connectivity index (χ4n) is 3.18. The monoisotopic (exact) mass is 380 g/mol. The molecular formula is C23H28N2O3. The maximum absolute atomic E-state index is 12.5. The fourth-order valence-corrected chi connectivity index (χ4v) is 3.18. The molecule has 3 rings (SSSR count). The molecule has 0 bridgehead atoms. The third-order valence-electron chi connectivity index (χ3n) is 4.91. The van der Waals surface area contributed by atoms with Crippen molar-refractivity contribution in [1.29, 1.82) is 0 Å². The van der Waals surface area contributed by atoms with E-state index in [9.17, 15) is 9.59 Å². The SMILES string of the molecule is CC(C)(C)c1ccc(C(=O)Nc2cccc(C(=O)NC[C@@H]3CCCO3)c2)cc1. The highest BCUT2D eigenvalue weighted by Crippen LogP contribution is 2.22. The van der Waals surface area contributed by atoms with Crippen LogP contribution in [0, 0.1) is 0 Å². The summed E-state index contributed by atoms with van der Waals surface area (Å²) in [6, 6.07) is 14.6. The first-order chi connectivity index (χ1) is 13.3. The lowest BCUT2D eigenvalue weighted by Crippen LogP contribution is -2.31. The average molecular weight is 380 g/mol. The van der Waals surface area contributed by atoms with Gasteiger partial charge >= 0.3 is 0 Å². The molecular weight excluding hydrogens is 352 g/mol. The average Bonchev–Trinajstić information content (AvgIpc) is 3.19. The van der Waals surface area contributed by atoms with Crippen LogP contribution in [0.25, 0.3) is 0 Å². The van der Waals surface area contributed by atoms with Gasteiger partial charge in [-0.25, -0.2) is 0 Å². The molecule has 1 atom stereocenters. The van der Waals surface area contributed by atoms with E-state index in [2.05, 4.69) is 31.4 Å². The van der Waals surface area contributed by atoms with Gasteiger partial charge in [-0.15, -0.1) is 0 Å². The van der Waals surface area contributed by atoms with Crippen molar-refractivity contribution in [3.63, 3.8) is 0 Å². The van der Waals surface area contributed by atoms with E-state index < -0.39 is 0 Å². The fraction of sp³-hybridized carbons (Fsp3) is 0.391. The molecule has 5 heteroatoms. The zero-order valence-electron chi connectivity index (χ0n) is 16.7. The number of benzene rings is 2. The lowest BCUT2D eigenvalue weighted by atomic mass is 9.87. The van der Waals surface area contributed by atoms with Crippen LogP contribution in [0.4, 0.5) is 5.69 Å². The van der Waals surface area contributed by atoms with Gasteiger partial charge in [-0.3, -0.25) is 9.59 Å². The Hall–Kier alpha value is -2.66. The number of anilines is 1. The van der Waals surface area contributed by atoms with E-state index >= 15 is 0 Å². The number of nitrogens with one attached hydrogen (secondary N) is 2. The minimum Gasteiger partial charge on any atom is -0.376 e. The molecule has 1 heterocycles. The van der Waals surface area contributed by atoms with Gasteiger partial charge in [0.2, 0.25) is 0 Å². The van der Waals surface area contributed by atoms with Crippen LogP contribution in [-0.2, 0) is 10.2 Å². The lowest BCUT2D eigenvalue weighted by molar-refractivity contribution is 0.0857. The summed E-state index contributed by atoms with van der Waals surface area (Å²) < 4.78 is 5.52. The Morgan fingerprint density at radius 3 is 2.43 bits per heavy atom. The van der Waals surface area contributed by atoms with E-state index in [-0.39, 0.29) is 23.3 Å². The molecule has 0 radical (unpaired) electrons. The van der Waals surface area contributed by atoms with Crippen LogP contribution >= 0.6 is 0 Å². The number of rotatable bonds is 5. The van der Waals surface area contributed by atoms with Crippen LogP contribution in [0.2, 0.25) is 0 Å². The summed E-state index contributed by atoms with van der Waals surface area (Å²) in [5, 5.41) is 5.76. The third-order valence-corrected chi connectivity index (χ3v) is 4.91. The molecule has 0 aromatic heterocycles. The lowest BCUT2D eigenvalue weighted by Gasteiger charge is -2.19. The second-order valence-corrected chi connectivity index (χ2v) is 8.21. The van der Waals surface area contributed by atoms with Crippen LogP contribution in [0.3, 0.4) is 0 Å². The predicted molar refractivity (Wildman–Crippen MR) is 111 cm³/mol. The van der Waals surface area contributed by atoms with Gasteiger partial charge in [-0.2, -0.15) is 0 Å². The largest absolute Gasteiger partial charge is 0.376 e. The van der Waals surface area contributed by atoms with Crippen LogP contribution < -0.4 is 10.6 Å². The van der Waals surface area contributed by atoms with Gasteiger partial charge in [0.15, 0.2) is 0 Å². The quantitative estimate of drug-likeness (QED) is 0.819. The molecule has 2 amide bonds. The summed E-state index contributed by atoms with van der Waals surface area (Å²) >= 11 is 0. The summed E-state index contributed by atoms with van der Waals surface area (Å²) in [6.45, 7) is 7.68. The highest BCUT2D eigenvalue weighted by atomic mass is 16.5. The molecule has 148 valence electrons. The normalized spacial score (nSPS) is 16.6. The van der Waals surface area contributed by atoms with Crippen molar-refractivity contribution in [2.45, 2.75) is 45.1 Å². The third kappa shape index (κ3) is 5.20. The van der Waals surface area contributed by atoms with Gasteiger partial charge in [-0.05, 0) is 54.2 Å². The maximum Gasteiger partial charge on any atom is 0.255 e. The van der Waals surface area contributed by atoms with Crippen LogP contribution in [-0.4, -0.2) is 31.1 Å². The Labute approximate surface area is 166 Å². The van der Waals surface area contributed by atoms with Crippen molar-refractivity contribution < 1.29 is 14.3 Å². The number of hydrogen-bond acceptors (Lipinski definition) is 3. The number of amides is 2. The number of carbonyl (C=O) groups is 2. The van der Waals surface area contributed by atoms with Gasteiger partial charge < -0.3 is 15.4 Å². The summed E-state index contributed by atoms with van der Waals surface area (Å²) in [5.74, 6) is -0.362. The summed E-state index contributed by atoms with van der Waals surface area (Å²) in [5.41, 5.74) is 2.91. The van der Waals surface area contributed by atoms with E-state index in [1.807, 2.05) is 24.3 Å². The Kier molecular flexibility index (Phi) is 6.15. The van der Waals surface area contributed by atoms with E-state index in [0.717, 1.165) is 19.4 Å². The van der Waals surface area contributed by atoms with Gasteiger partial charge in [0.1, 0.15) is 0 Å². The Morgan fingerprint density at radius 2 is 1.79 bits per heavy atom. The molecule has 5 nitrogen and oxygen atoms in total. The standard InChI is InChI=1S/C23H28N2O3/c1-23(2,3)18-11-9-16(10-12-18)22(27)25-19-7-4-6-17(14-19)21(26)24-15-20-8-5-13-28-20/h4,6-7,9-12,14,20H,5,8,13,15H2,1-3H3,(H,24,26)(H,25,27)/t20-/m0/s1. The first-order valence-electron chi connectivity index (χ1n) is 9.75. The van der Waals surface area contributed by atoms with Gasteiger partial charge in [-0.1, -0.05) is 39.0 Å². The molecule has 1 fully saturated rings. The molecule has 1 aliphatic heterocycles. The van der Waals surface area contributed by atoms with Crippen LogP contribution in [0.5, 0.6) is 0 Å². The van der Waals surface area contributed by atoms with E-state index in [1.54, 1.807) is 24.3 Å². The molecule has 2 N–H and O–H groups in total. The first-order valence-corrected chi connectivity index (χ1v) is 9.75. The molecule has 0 aliphatic carbocycles. The Morgan fingerprint density at radius 1 is 1.04 bits per heavy atom. The van der Waals surface area contributed by atoms with Crippen LogP contribution in [0.15, 0.2) is 48.5 Å². The molecule has 0 unspecified atom stereocenters. The van der Waals surface area contributed by atoms with E-state index in [0.29, 0.717) is 23.4 Å². The number of carbonyl (C=O) groups excluding carboxylic acids is 2. The van der Waals surface area contributed by atoms with Crippen molar-refractivity contribution in [3.8, 4) is 0 Å². The minimum absolute atomic E-state index is 0.0419. The molecule has 0 saturated carbocycles. The maximum atomic E-state index is 12.5. The van der Waals surface area contributed by atoms with Gasteiger partial charge in [0.25, 0.3) is 11.8 Å². The summed E-state index contributed by atoms with van der Waals surface area (Å²) in [7, 11) is 0. The zero-order valence-corrected chi connectivity index (χ0v) is 16.7. The molecule has 2 aromatic carbocycles. The smallest absolute Gasteiger partial charge is 0.255 e. The zero-order chi connectivity index (χ0) is 20.1. The first kappa shape index (κ1) is 20.1. The van der Waals surface area contributed by atoms with E-state index in [4.69, 9.17) is 4.74 Å². The van der Waals surface area contributed by atoms with Crippen molar-refractivity contribution in [2.75, 3.05) is 18.5 Å². The van der Waals surface area contributed by atoms with Crippen molar-refractivity contribution in [2.24, 2.45) is 0 Å². The van der Waals surface area contributed by atoms with Crippen molar-refractivity contribution >= 4 is 17.5 Å². The number of ether oxygens (including phenoxy) is 1. The van der Waals surface area contributed by atoms with Crippen LogP contribution in [0.1, 0.15) is 59.9 Å².